The number of hydrogen-bond acceptors (Lipinski definition) is 6. The Labute approximate surface area is 160 Å². The Hall–Kier alpha value is -1.49. The van der Waals surface area contributed by atoms with Gasteiger partial charge >= 0.3 is 0 Å². The third-order valence-corrected chi connectivity index (χ3v) is 7.36. The molecule has 27 heavy (non-hydrogen) atoms. The van der Waals surface area contributed by atoms with Crippen LogP contribution in [-0.2, 0) is 26.6 Å². The summed E-state index contributed by atoms with van der Waals surface area (Å²) in [5.74, 6) is -0.374. The predicted molar refractivity (Wildman–Crippen MR) is 99.7 cm³/mol. The van der Waals surface area contributed by atoms with Gasteiger partial charge in [-0.1, -0.05) is 0 Å². The first-order chi connectivity index (χ1) is 12.9. The SMILES string of the molecule is Cc1c(S(=O)(=O)N2CCC[C@H](C(=O)NCCN3CCOCC3)C2)cnn1C. The second-order valence-corrected chi connectivity index (χ2v) is 9.07. The normalized spacial score (nSPS) is 22.7. The molecule has 0 bridgehead atoms. The molecule has 1 atom stereocenters. The maximum Gasteiger partial charge on any atom is 0.246 e. The predicted octanol–water partition coefficient (Wildman–Crippen LogP) is -0.422. The monoisotopic (exact) mass is 399 g/mol. The third-order valence-electron chi connectivity index (χ3n) is 5.39. The van der Waals surface area contributed by atoms with Gasteiger partial charge in [-0.05, 0) is 19.8 Å². The lowest BCUT2D eigenvalue weighted by molar-refractivity contribution is -0.126. The quantitative estimate of drug-likeness (QED) is 0.698. The number of sulfonamides is 1. The lowest BCUT2D eigenvalue weighted by atomic mass is 9.99. The summed E-state index contributed by atoms with van der Waals surface area (Å²) < 4.78 is 34.2. The highest BCUT2D eigenvalue weighted by Gasteiger charge is 2.34. The van der Waals surface area contributed by atoms with Crippen LogP contribution in [0.2, 0.25) is 0 Å². The van der Waals surface area contributed by atoms with Crippen molar-refractivity contribution in [1.29, 1.82) is 0 Å². The van der Waals surface area contributed by atoms with Gasteiger partial charge in [0.15, 0.2) is 0 Å². The van der Waals surface area contributed by atoms with Crippen LogP contribution in [-0.4, -0.2) is 85.8 Å². The van der Waals surface area contributed by atoms with E-state index in [0.29, 0.717) is 31.6 Å². The number of carbonyl (C=O) groups is 1. The molecule has 1 N–H and O–H groups in total. The van der Waals surface area contributed by atoms with E-state index >= 15 is 0 Å². The fraction of sp³-hybridized carbons (Fsp3) is 0.765. The van der Waals surface area contributed by atoms with E-state index in [1.807, 2.05) is 0 Å². The van der Waals surface area contributed by atoms with E-state index in [1.165, 1.54) is 10.5 Å². The molecule has 1 aromatic heterocycles. The van der Waals surface area contributed by atoms with E-state index in [4.69, 9.17) is 4.74 Å². The van der Waals surface area contributed by atoms with Crippen molar-refractivity contribution in [2.24, 2.45) is 13.0 Å². The summed E-state index contributed by atoms with van der Waals surface area (Å²) in [6, 6.07) is 0. The van der Waals surface area contributed by atoms with E-state index in [2.05, 4.69) is 15.3 Å². The van der Waals surface area contributed by atoms with E-state index in [-0.39, 0.29) is 23.3 Å². The number of morpholine rings is 1. The van der Waals surface area contributed by atoms with Gasteiger partial charge in [0.05, 0.1) is 31.0 Å². The van der Waals surface area contributed by atoms with Gasteiger partial charge in [0, 0.05) is 46.3 Å². The van der Waals surface area contributed by atoms with Crippen molar-refractivity contribution >= 4 is 15.9 Å². The smallest absolute Gasteiger partial charge is 0.246 e. The second kappa shape index (κ2) is 8.68. The van der Waals surface area contributed by atoms with Crippen LogP contribution < -0.4 is 5.32 Å². The van der Waals surface area contributed by atoms with Crippen molar-refractivity contribution in [2.45, 2.75) is 24.7 Å². The topological polar surface area (TPSA) is 96.8 Å². The molecular weight excluding hydrogens is 370 g/mol. The molecule has 3 rings (SSSR count). The Kier molecular flexibility index (Phi) is 6.51. The van der Waals surface area contributed by atoms with Gasteiger partial charge in [-0.3, -0.25) is 14.4 Å². The van der Waals surface area contributed by atoms with E-state index < -0.39 is 10.0 Å². The van der Waals surface area contributed by atoms with Crippen molar-refractivity contribution in [3.8, 4) is 0 Å². The van der Waals surface area contributed by atoms with Gasteiger partial charge in [0.1, 0.15) is 4.90 Å². The molecule has 2 fully saturated rings. The van der Waals surface area contributed by atoms with Gasteiger partial charge in [-0.15, -0.1) is 0 Å². The maximum absolute atomic E-state index is 12.9. The fourth-order valence-electron chi connectivity index (χ4n) is 3.55. The van der Waals surface area contributed by atoms with Crippen LogP contribution in [0, 0.1) is 12.8 Å². The zero-order valence-corrected chi connectivity index (χ0v) is 16.9. The Morgan fingerprint density at radius 1 is 1.33 bits per heavy atom. The molecule has 10 heteroatoms. The van der Waals surface area contributed by atoms with Crippen LogP contribution in [0.1, 0.15) is 18.5 Å². The van der Waals surface area contributed by atoms with Crippen molar-refractivity contribution in [3.05, 3.63) is 11.9 Å². The number of ether oxygens (including phenoxy) is 1. The molecule has 0 saturated carbocycles. The standard InChI is InChI=1S/C17H29N5O4S/c1-14-16(12-19-20(14)2)27(24,25)22-6-3-4-15(13-22)17(23)18-5-7-21-8-10-26-11-9-21/h12,15H,3-11,13H2,1-2H3,(H,18,23)/t15-/m0/s1. The highest BCUT2D eigenvalue weighted by Crippen LogP contribution is 2.25. The van der Waals surface area contributed by atoms with E-state index in [9.17, 15) is 13.2 Å². The maximum atomic E-state index is 12.9. The fourth-order valence-corrected chi connectivity index (χ4v) is 5.26. The molecule has 2 saturated heterocycles. The molecule has 2 aliphatic heterocycles. The van der Waals surface area contributed by atoms with E-state index in [1.54, 1.807) is 18.7 Å². The van der Waals surface area contributed by atoms with Gasteiger partial charge in [-0.2, -0.15) is 9.40 Å². The van der Waals surface area contributed by atoms with E-state index in [0.717, 1.165) is 32.8 Å². The molecule has 1 aromatic rings. The number of nitrogens with one attached hydrogen (secondary N) is 1. The Bertz CT molecular complexity index is 757. The molecular formula is C17H29N5O4S. The molecule has 0 aliphatic carbocycles. The number of amides is 1. The summed E-state index contributed by atoms with van der Waals surface area (Å²) in [5.41, 5.74) is 0.604. The number of rotatable bonds is 6. The van der Waals surface area contributed by atoms with Crippen molar-refractivity contribution in [3.63, 3.8) is 0 Å². The van der Waals surface area contributed by atoms with Crippen LogP contribution in [0.4, 0.5) is 0 Å². The minimum atomic E-state index is -3.63. The first kappa shape index (κ1) is 20.2. The summed E-state index contributed by atoms with van der Waals surface area (Å²) in [5, 5.41) is 7.00. The highest BCUT2D eigenvalue weighted by molar-refractivity contribution is 7.89. The molecule has 152 valence electrons. The van der Waals surface area contributed by atoms with Crippen LogP contribution in [0.25, 0.3) is 0 Å². The average molecular weight is 400 g/mol. The summed E-state index contributed by atoms with van der Waals surface area (Å²) in [4.78, 5) is 15.0. The van der Waals surface area contributed by atoms with Crippen molar-refractivity contribution in [1.82, 2.24) is 24.3 Å². The van der Waals surface area contributed by atoms with Crippen LogP contribution in [0.5, 0.6) is 0 Å². The van der Waals surface area contributed by atoms with Crippen LogP contribution in [0.3, 0.4) is 0 Å². The number of aromatic nitrogens is 2. The molecule has 0 aromatic carbocycles. The minimum Gasteiger partial charge on any atom is -0.379 e. The third kappa shape index (κ3) is 4.68. The molecule has 3 heterocycles. The second-order valence-electron chi connectivity index (χ2n) is 7.17. The van der Waals surface area contributed by atoms with Crippen molar-refractivity contribution < 1.29 is 17.9 Å². The summed E-state index contributed by atoms with van der Waals surface area (Å²) in [7, 11) is -1.91. The summed E-state index contributed by atoms with van der Waals surface area (Å²) in [6.07, 6.45) is 2.78. The van der Waals surface area contributed by atoms with Gasteiger partial charge in [0.25, 0.3) is 0 Å². The zero-order chi connectivity index (χ0) is 19.4. The lowest BCUT2D eigenvalue weighted by Crippen LogP contribution is -2.47. The number of aryl methyl sites for hydroxylation is 1. The minimum absolute atomic E-state index is 0.0638. The Balaban J connectivity index is 1.55. The number of piperidine rings is 1. The summed E-state index contributed by atoms with van der Waals surface area (Å²) in [6.45, 7) is 7.00. The van der Waals surface area contributed by atoms with Gasteiger partial charge < -0.3 is 10.1 Å². The van der Waals surface area contributed by atoms with Gasteiger partial charge in [-0.25, -0.2) is 8.42 Å². The average Bonchev–Trinajstić information content (AvgIpc) is 3.02. The Morgan fingerprint density at radius 3 is 2.74 bits per heavy atom. The van der Waals surface area contributed by atoms with Crippen molar-refractivity contribution in [2.75, 3.05) is 52.5 Å². The molecule has 0 radical (unpaired) electrons. The highest BCUT2D eigenvalue weighted by atomic mass is 32.2. The first-order valence-corrected chi connectivity index (χ1v) is 10.9. The van der Waals surface area contributed by atoms with Gasteiger partial charge in [0.2, 0.25) is 15.9 Å². The van der Waals surface area contributed by atoms with Crippen LogP contribution >= 0.6 is 0 Å². The number of carbonyl (C=O) groups excluding carboxylic acids is 1. The Morgan fingerprint density at radius 2 is 2.07 bits per heavy atom. The lowest BCUT2D eigenvalue weighted by Gasteiger charge is -2.31. The molecule has 0 unspecified atom stereocenters. The molecule has 0 spiro atoms. The first-order valence-electron chi connectivity index (χ1n) is 9.46. The summed E-state index contributed by atoms with van der Waals surface area (Å²) >= 11 is 0. The zero-order valence-electron chi connectivity index (χ0n) is 16.1. The number of nitrogens with zero attached hydrogens (tertiary/aromatic N) is 4. The largest absolute Gasteiger partial charge is 0.379 e. The van der Waals surface area contributed by atoms with Crippen LogP contribution in [0.15, 0.2) is 11.1 Å². The number of hydrogen-bond donors (Lipinski definition) is 1. The molecule has 1 amide bonds. The molecule has 9 nitrogen and oxygen atoms in total. The molecule has 2 aliphatic rings.